The van der Waals surface area contributed by atoms with Gasteiger partial charge in [-0.1, -0.05) is 30.1 Å². The lowest BCUT2D eigenvalue weighted by Gasteiger charge is -2.11. The number of rotatable bonds is 6. The summed E-state index contributed by atoms with van der Waals surface area (Å²) >= 11 is 0. The van der Waals surface area contributed by atoms with Crippen LogP contribution in [0.3, 0.4) is 0 Å². The Labute approximate surface area is 124 Å². The Morgan fingerprint density at radius 3 is 2.76 bits per heavy atom. The highest BCUT2D eigenvalue weighted by Gasteiger charge is 2.19. The fraction of sp³-hybridized carbons (Fsp3) is 0.500. The van der Waals surface area contributed by atoms with Gasteiger partial charge in [-0.15, -0.1) is 0 Å². The molecule has 3 N–H and O–H groups in total. The van der Waals surface area contributed by atoms with E-state index in [0.29, 0.717) is 5.56 Å². The molecule has 1 saturated carbocycles. The van der Waals surface area contributed by atoms with E-state index in [2.05, 4.69) is 5.16 Å². The van der Waals surface area contributed by atoms with E-state index in [1.54, 1.807) is 12.1 Å². The van der Waals surface area contributed by atoms with Crippen molar-refractivity contribution in [3.05, 3.63) is 29.8 Å². The van der Waals surface area contributed by atoms with Gasteiger partial charge in [0.15, 0.2) is 15.7 Å². The molecule has 0 radical (unpaired) electrons. The highest BCUT2D eigenvalue weighted by atomic mass is 32.2. The van der Waals surface area contributed by atoms with Crippen molar-refractivity contribution in [1.29, 1.82) is 0 Å². The van der Waals surface area contributed by atoms with Crippen molar-refractivity contribution in [3.63, 3.8) is 0 Å². The van der Waals surface area contributed by atoms with E-state index in [4.69, 9.17) is 15.7 Å². The minimum atomic E-state index is -3.43. The molecule has 116 valence electrons. The van der Waals surface area contributed by atoms with Crippen molar-refractivity contribution < 1.29 is 18.4 Å². The zero-order valence-electron chi connectivity index (χ0n) is 11.7. The third-order valence-corrected chi connectivity index (χ3v) is 5.28. The first-order valence-electron chi connectivity index (χ1n) is 6.95. The molecule has 0 saturated heterocycles. The standard InChI is InChI=1S/C14H20N2O4S/c15-14(16-17)11-4-3-7-13(10-11)21(18,19)9-8-20-12-5-1-2-6-12/h3-4,7,10,12,17H,1-2,5-6,8-9H2,(H2,15,16). The number of hydrogen-bond acceptors (Lipinski definition) is 5. The molecule has 0 heterocycles. The van der Waals surface area contributed by atoms with Crippen LogP contribution in [0.5, 0.6) is 0 Å². The van der Waals surface area contributed by atoms with Crippen molar-refractivity contribution in [2.45, 2.75) is 36.7 Å². The van der Waals surface area contributed by atoms with Crippen LogP contribution in [-0.2, 0) is 14.6 Å². The monoisotopic (exact) mass is 312 g/mol. The van der Waals surface area contributed by atoms with Crippen LogP contribution in [0.15, 0.2) is 34.3 Å². The molecule has 7 heteroatoms. The van der Waals surface area contributed by atoms with Crippen molar-refractivity contribution in [2.24, 2.45) is 10.9 Å². The topological polar surface area (TPSA) is 102 Å². The number of benzene rings is 1. The minimum absolute atomic E-state index is 0.0663. The van der Waals surface area contributed by atoms with Crippen molar-refractivity contribution in [1.82, 2.24) is 0 Å². The molecule has 1 aromatic carbocycles. The molecule has 0 amide bonds. The second-order valence-electron chi connectivity index (χ2n) is 5.11. The number of hydrogen-bond donors (Lipinski definition) is 2. The van der Waals surface area contributed by atoms with Gasteiger partial charge in [0.05, 0.1) is 23.4 Å². The van der Waals surface area contributed by atoms with Crippen molar-refractivity contribution in [3.8, 4) is 0 Å². The van der Waals surface area contributed by atoms with Gasteiger partial charge in [0.2, 0.25) is 0 Å². The van der Waals surface area contributed by atoms with Crippen LogP contribution in [0, 0.1) is 0 Å². The molecule has 0 aliphatic heterocycles. The fourth-order valence-electron chi connectivity index (χ4n) is 2.40. The van der Waals surface area contributed by atoms with Crippen LogP contribution in [0.4, 0.5) is 0 Å². The van der Waals surface area contributed by atoms with Gasteiger partial charge in [0.1, 0.15) is 0 Å². The largest absolute Gasteiger partial charge is 0.409 e. The SMILES string of the molecule is N/C(=N/O)c1cccc(S(=O)(=O)CCOC2CCCC2)c1. The average molecular weight is 312 g/mol. The second kappa shape index (κ2) is 6.91. The quantitative estimate of drug-likeness (QED) is 0.359. The smallest absolute Gasteiger partial charge is 0.180 e. The molecule has 0 aromatic heterocycles. The number of nitrogens with zero attached hydrogens (tertiary/aromatic N) is 1. The number of amidine groups is 1. The number of ether oxygens (including phenoxy) is 1. The third kappa shape index (κ3) is 4.18. The predicted molar refractivity (Wildman–Crippen MR) is 79.2 cm³/mol. The molecule has 0 atom stereocenters. The molecule has 1 aliphatic rings. The van der Waals surface area contributed by atoms with Gasteiger partial charge in [-0.25, -0.2) is 8.42 Å². The maximum atomic E-state index is 12.2. The summed E-state index contributed by atoms with van der Waals surface area (Å²) in [6.07, 6.45) is 4.53. The van der Waals surface area contributed by atoms with E-state index in [1.807, 2.05) is 0 Å². The lowest BCUT2D eigenvalue weighted by molar-refractivity contribution is 0.0697. The number of oxime groups is 1. The van der Waals surface area contributed by atoms with E-state index in [1.165, 1.54) is 12.1 Å². The molecule has 0 unspecified atom stereocenters. The summed E-state index contributed by atoms with van der Waals surface area (Å²) < 4.78 is 30.1. The van der Waals surface area contributed by atoms with Crippen LogP contribution in [0.1, 0.15) is 31.2 Å². The summed E-state index contributed by atoms with van der Waals surface area (Å²) in [5.41, 5.74) is 5.84. The molecule has 0 bridgehead atoms. The summed E-state index contributed by atoms with van der Waals surface area (Å²) in [6.45, 7) is 0.195. The van der Waals surface area contributed by atoms with Crippen molar-refractivity contribution >= 4 is 15.7 Å². The Bertz CT molecular complexity index is 607. The van der Waals surface area contributed by atoms with Gasteiger partial charge >= 0.3 is 0 Å². The Morgan fingerprint density at radius 2 is 2.10 bits per heavy atom. The van der Waals surface area contributed by atoms with E-state index in [0.717, 1.165) is 25.7 Å². The van der Waals surface area contributed by atoms with E-state index >= 15 is 0 Å². The summed E-state index contributed by atoms with van der Waals surface area (Å²) in [5, 5.41) is 11.5. The third-order valence-electron chi connectivity index (χ3n) is 3.60. The van der Waals surface area contributed by atoms with Gasteiger partial charge in [-0.05, 0) is 25.0 Å². The molecule has 1 fully saturated rings. The van der Waals surface area contributed by atoms with Gasteiger partial charge in [0, 0.05) is 5.56 Å². The highest BCUT2D eigenvalue weighted by Crippen LogP contribution is 2.21. The van der Waals surface area contributed by atoms with Crippen LogP contribution in [-0.4, -0.2) is 37.9 Å². The molecule has 2 rings (SSSR count). The molecular formula is C14H20N2O4S. The predicted octanol–water partition coefficient (Wildman–Crippen LogP) is 1.51. The first-order chi connectivity index (χ1) is 10.0. The molecule has 0 spiro atoms. The zero-order chi connectivity index (χ0) is 15.3. The highest BCUT2D eigenvalue weighted by molar-refractivity contribution is 7.91. The molecule has 1 aromatic rings. The van der Waals surface area contributed by atoms with Crippen LogP contribution < -0.4 is 5.73 Å². The van der Waals surface area contributed by atoms with Crippen LogP contribution >= 0.6 is 0 Å². The van der Waals surface area contributed by atoms with Crippen molar-refractivity contribution in [2.75, 3.05) is 12.4 Å². The first-order valence-corrected chi connectivity index (χ1v) is 8.60. The van der Waals surface area contributed by atoms with Gasteiger partial charge in [0.25, 0.3) is 0 Å². The second-order valence-corrected chi connectivity index (χ2v) is 7.22. The number of nitrogens with two attached hydrogens (primary N) is 1. The first kappa shape index (κ1) is 15.8. The summed E-state index contributed by atoms with van der Waals surface area (Å²) in [4.78, 5) is 0.154. The van der Waals surface area contributed by atoms with Gasteiger partial charge < -0.3 is 15.7 Å². The lowest BCUT2D eigenvalue weighted by Crippen LogP contribution is -2.18. The molecule has 6 nitrogen and oxygen atoms in total. The average Bonchev–Trinajstić information content (AvgIpc) is 2.99. The number of sulfone groups is 1. The molecule has 21 heavy (non-hydrogen) atoms. The molecule has 1 aliphatic carbocycles. The Morgan fingerprint density at radius 1 is 1.38 bits per heavy atom. The van der Waals surface area contributed by atoms with E-state index in [9.17, 15) is 8.42 Å². The maximum absolute atomic E-state index is 12.2. The maximum Gasteiger partial charge on any atom is 0.180 e. The minimum Gasteiger partial charge on any atom is -0.409 e. The Balaban J connectivity index is 2.01. The Hall–Kier alpha value is -1.60. The summed E-state index contributed by atoms with van der Waals surface area (Å²) in [5.74, 6) is -0.183. The normalized spacial score (nSPS) is 17.2. The molecular weight excluding hydrogens is 292 g/mol. The Kier molecular flexibility index (Phi) is 5.19. The summed E-state index contributed by atoms with van der Waals surface area (Å²) in [6, 6.07) is 6.06. The van der Waals surface area contributed by atoms with E-state index < -0.39 is 9.84 Å². The van der Waals surface area contributed by atoms with Gasteiger partial charge in [-0.3, -0.25) is 0 Å². The van der Waals surface area contributed by atoms with Gasteiger partial charge in [-0.2, -0.15) is 0 Å². The fourth-order valence-corrected chi connectivity index (χ4v) is 3.55. The lowest BCUT2D eigenvalue weighted by atomic mass is 10.2. The van der Waals surface area contributed by atoms with E-state index in [-0.39, 0.29) is 29.2 Å². The van der Waals surface area contributed by atoms with Crippen LogP contribution in [0.25, 0.3) is 0 Å². The zero-order valence-corrected chi connectivity index (χ0v) is 12.6. The van der Waals surface area contributed by atoms with Crippen LogP contribution in [0.2, 0.25) is 0 Å². The summed E-state index contributed by atoms with van der Waals surface area (Å²) in [7, 11) is -3.43.